The molecule has 0 saturated carbocycles. The molecular formula is C13H8ClFN2O2S. The van der Waals surface area contributed by atoms with Crippen LogP contribution in [0.25, 0.3) is 0 Å². The van der Waals surface area contributed by atoms with E-state index in [0.717, 1.165) is 11.9 Å². The molecule has 1 aliphatic rings. The highest BCUT2D eigenvalue weighted by Crippen LogP contribution is 2.42. The van der Waals surface area contributed by atoms with Gasteiger partial charge in [-0.15, -0.1) is 0 Å². The number of rotatable bonds is 2. The molecule has 1 heterocycles. The minimum Gasteiger partial charge on any atom is -0.450 e. The number of hydrogen-bond donors (Lipinski definition) is 2. The van der Waals surface area contributed by atoms with E-state index in [9.17, 15) is 9.18 Å². The summed E-state index contributed by atoms with van der Waals surface area (Å²) >= 11 is 7.08. The lowest BCUT2D eigenvalue weighted by Gasteiger charge is -2.20. The lowest BCUT2D eigenvalue weighted by Crippen LogP contribution is -2.27. The van der Waals surface area contributed by atoms with Gasteiger partial charge < -0.3 is 10.1 Å². The third-order valence-electron chi connectivity index (χ3n) is 2.61. The van der Waals surface area contributed by atoms with Crippen molar-refractivity contribution < 1.29 is 13.9 Å². The van der Waals surface area contributed by atoms with Gasteiger partial charge in [-0.3, -0.25) is 4.72 Å². The molecule has 2 amide bonds. The van der Waals surface area contributed by atoms with Gasteiger partial charge in [0.1, 0.15) is 11.4 Å². The molecule has 0 aliphatic carbocycles. The fraction of sp³-hybridized carbons (Fsp3) is 0. The van der Waals surface area contributed by atoms with Crippen molar-refractivity contribution in [1.29, 1.82) is 0 Å². The Bertz CT molecular complexity index is 696. The van der Waals surface area contributed by atoms with Gasteiger partial charge in [-0.05, 0) is 36.2 Å². The van der Waals surface area contributed by atoms with Crippen LogP contribution in [-0.2, 0) is 0 Å². The Morgan fingerprint density at radius 1 is 1.20 bits per heavy atom. The SMILES string of the molecule is O=C1NSc2ccc(F)c(Oc3ccccc3Cl)c2N1. The number of carbonyl (C=O) groups excluding carboxylic acids is 1. The van der Waals surface area contributed by atoms with Crippen LogP contribution in [-0.4, -0.2) is 6.03 Å². The summed E-state index contributed by atoms with van der Waals surface area (Å²) < 4.78 is 22.0. The first-order valence-corrected chi connectivity index (χ1v) is 6.83. The number of anilines is 1. The monoisotopic (exact) mass is 310 g/mol. The minimum absolute atomic E-state index is 0.0575. The van der Waals surface area contributed by atoms with E-state index >= 15 is 0 Å². The van der Waals surface area contributed by atoms with Gasteiger partial charge in [-0.25, -0.2) is 9.18 Å². The number of fused-ring (bicyclic) bond motifs is 1. The second kappa shape index (κ2) is 5.22. The summed E-state index contributed by atoms with van der Waals surface area (Å²) in [6, 6.07) is 9.13. The molecule has 20 heavy (non-hydrogen) atoms. The smallest absolute Gasteiger partial charge is 0.329 e. The first-order chi connectivity index (χ1) is 9.65. The van der Waals surface area contributed by atoms with Crippen LogP contribution in [0.4, 0.5) is 14.9 Å². The fourth-order valence-corrected chi connectivity index (χ4v) is 2.53. The third kappa shape index (κ3) is 2.39. The van der Waals surface area contributed by atoms with Gasteiger partial charge in [0.05, 0.1) is 9.92 Å². The Labute approximate surface area is 123 Å². The summed E-state index contributed by atoms with van der Waals surface area (Å²) in [7, 11) is 0. The van der Waals surface area contributed by atoms with Crippen LogP contribution in [0.3, 0.4) is 0 Å². The van der Waals surface area contributed by atoms with E-state index in [1.54, 1.807) is 30.3 Å². The van der Waals surface area contributed by atoms with Gasteiger partial charge in [0.15, 0.2) is 11.6 Å². The number of ether oxygens (including phenoxy) is 1. The zero-order chi connectivity index (χ0) is 14.1. The van der Waals surface area contributed by atoms with E-state index in [-0.39, 0.29) is 5.75 Å². The largest absolute Gasteiger partial charge is 0.450 e. The van der Waals surface area contributed by atoms with Crippen molar-refractivity contribution in [3.8, 4) is 11.5 Å². The molecular weight excluding hydrogens is 303 g/mol. The first kappa shape index (κ1) is 13.1. The molecule has 0 radical (unpaired) electrons. The lowest BCUT2D eigenvalue weighted by molar-refractivity contribution is 0.256. The number of carbonyl (C=O) groups is 1. The molecule has 2 aromatic rings. The Morgan fingerprint density at radius 3 is 2.80 bits per heavy atom. The van der Waals surface area contributed by atoms with E-state index in [1.807, 2.05) is 0 Å². The number of nitrogens with one attached hydrogen (secondary N) is 2. The van der Waals surface area contributed by atoms with Gasteiger partial charge in [-0.2, -0.15) is 0 Å². The zero-order valence-electron chi connectivity index (χ0n) is 9.94. The number of para-hydroxylation sites is 1. The van der Waals surface area contributed by atoms with E-state index in [2.05, 4.69) is 10.0 Å². The average molecular weight is 311 g/mol. The van der Waals surface area contributed by atoms with E-state index < -0.39 is 11.8 Å². The van der Waals surface area contributed by atoms with Crippen LogP contribution in [0, 0.1) is 5.82 Å². The molecule has 4 nitrogen and oxygen atoms in total. The second-order valence-electron chi connectivity index (χ2n) is 3.94. The number of benzene rings is 2. The number of urea groups is 1. The second-order valence-corrected chi connectivity index (χ2v) is 5.20. The standard InChI is InChI=1S/C13H8ClFN2O2S/c14-7-3-1-2-4-9(7)19-12-8(15)5-6-10-11(12)16-13(18)17-20-10/h1-6H,(H2,16,17,18). The summed E-state index contributed by atoms with van der Waals surface area (Å²) in [6.07, 6.45) is 0. The van der Waals surface area contributed by atoms with Crippen molar-refractivity contribution in [3.63, 3.8) is 0 Å². The Kier molecular flexibility index (Phi) is 3.42. The molecule has 0 unspecified atom stereocenters. The zero-order valence-corrected chi connectivity index (χ0v) is 11.5. The van der Waals surface area contributed by atoms with Crippen LogP contribution < -0.4 is 14.8 Å². The van der Waals surface area contributed by atoms with Crippen molar-refractivity contribution in [2.75, 3.05) is 5.32 Å². The molecule has 7 heteroatoms. The number of hydrogen-bond acceptors (Lipinski definition) is 3. The van der Waals surface area contributed by atoms with Gasteiger partial charge in [0, 0.05) is 0 Å². The molecule has 0 spiro atoms. The lowest BCUT2D eigenvalue weighted by atomic mass is 10.2. The molecule has 2 N–H and O–H groups in total. The van der Waals surface area contributed by atoms with Crippen molar-refractivity contribution in [2.45, 2.75) is 4.90 Å². The topological polar surface area (TPSA) is 50.4 Å². The highest BCUT2D eigenvalue weighted by Gasteiger charge is 2.23. The predicted molar refractivity (Wildman–Crippen MR) is 75.9 cm³/mol. The summed E-state index contributed by atoms with van der Waals surface area (Å²) in [5.41, 5.74) is 0.290. The summed E-state index contributed by atoms with van der Waals surface area (Å²) in [5, 5.41) is 2.89. The molecule has 0 aromatic heterocycles. The summed E-state index contributed by atoms with van der Waals surface area (Å²) in [4.78, 5) is 12.0. The van der Waals surface area contributed by atoms with Crippen molar-refractivity contribution in [1.82, 2.24) is 4.72 Å². The highest BCUT2D eigenvalue weighted by atomic mass is 35.5. The summed E-state index contributed by atoms with van der Waals surface area (Å²) in [5.74, 6) is -0.316. The van der Waals surface area contributed by atoms with E-state index in [4.69, 9.17) is 16.3 Å². The molecule has 0 saturated heterocycles. The van der Waals surface area contributed by atoms with E-state index in [1.165, 1.54) is 6.07 Å². The number of amides is 2. The molecule has 3 rings (SSSR count). The van der Waals surface area contributed by atoms with Crippen molar-refractivity contribution in [2.24, 2.45) is 0 Å². The highest BCUT2D eigenvalue weighted by molar-refractivity contribution is 7.98. The Morgan fingerprint density at radius 2 is 2.00 bits per heavy atom. The maximum absolute atomic E-state index is 14.0. The van der Waals surface area contributed by atoms with Gasteiger partial charge in [0.25, 0.3) is 0 Å². The Hall–Kier alpha value is -1.92. The van der Waals surface area contributed by atoms with Gasteiger partial charge in [-0.1, -0.05) is 23.7 Å². The molecule has 102 valence electrons. The predicted octanol–water partition coefficient (Wildman–Crippen LogP) is 4.41. The normalized spacial score (nSPS) is 13.2. The maximum Gasteiger partial charge on any atom is 0.329 e. The molecule has 1 aliphatic heterocycles. The fourth-order valence-electron chi connectivity index (χ4n) is 1.72. The molecule has 0 bridgehead atoms. The third-order valence-corrected chi connectivity index (χ3v) is 3.77. The maximum atomic E-state index is 14.0. The van der Waals surface area contributed by atoms with Crippen LogP contribution >= 0.6 is 23.5 Å². The van der Waals surface area contributed by atoms with Crippen LogP contribution in [0.1, 0.15) is 0 Å². The molecule has 0 atom stereocenters. The average Bonchev–Trinajstić information content (AvgIpc) is 2.44. The molecule has 2 aromatic carbocycles. The van der Waals surface area contributed by atoms with Gasteiger partial charge >= 0.3 is 6.03 Å². The quantitative estimate of drug-likeness (QED) is 0.808. The van der Waals surface area contributed by atoms with E-state index in [0.29, 0.717) is 21.4 Å². The number of halogens is 2. The van der Waals surface area contributed by atoms with Crippen LogP contribution in [0.15, 0.2) is 41.3 Å². The van der Waals surface area contributed by atoms with Crippen LogP contribution in [0.2, 0.25) is 5.02 Å². The van der Waals surface area contributed by atoms with Crippen LogP contribution in [0.5, 0.6) is 11.5 Å². The molecule has 0 fully saturated rings. The Balaban J connectivity index is 2.05. The summed E-state index contributed by atoms with van der Waals surface area (Å²) in [6.45, 7) is 0. The minimum atomic E-state index is -0.577. The van der Waals surface area contributed by atoms with Crippen molar-refractivity contribution >= 4 is 35.3 Å². The first-order valence-electron chi connectivity index (χ1n) is 5.64. The van der Waals surface area contributed by atoms with Crippen molar-refractivity contribution in [3.05, 3.63) is 47.2 Å². The van der Waals surface area contributed by atoms with Gasteiger partial charge in [0.2, 0.25) is 0 Å².